The van der Waals surface area contributed by atoms with Gasteiger partial charge in [-0.05, 0) is 49.2 Å². The van der Waals surface area contributed by atoms with Crippen LogP contribution in [-0.2, 0) is 19.1 Å². The van der Waals surface area contributed by atoms with E-state index in [2.05, 4.69) is 26.3 Å². The number of thiazole rings is 1. The number of alkyl halides is 3. The molecule has 0 aliphatic heterocycles. The summed E-state index contributed by atoms with van der Waals surface area (Å²) >= 11 is 0.909. The summed E-state index contributed by atoms with van der Waals surface area (Å²) in [4.78, 5) is 13.9. The maximum absolute atomic E-state index is 12.8. The lowest BCUT2D eigenvalue weighted by Gasteiger charge is -2.15. The highest BCUT2D eigenvalue weighted by Crippen LogP contribution is 2.42. The minimum atomic E-state index is -4.85. The zero-order valence-electron chi connectivity index (χ0n) is 18.6. The third kappa shape index (κ3) is 7.22. The number of nitrogens with one attached hydrogen (secondary N) is 1. The number of aromatic nitrogens is 1. The Kier molecular flexibility index (Phi) is 8.33. The number of hydrogen-bond acceptors (Lipinski definition) is 8. The number of methoxy groups -OCH3 is 1. The normalized spacial score (nSPS) is 13.3. The lowest BCUT2D eigenvalue weighted by Crippen LogP contribution is -2.17. The predicted octanol–water partition coefficient (Wildman–Crippen LogP) is 4.10. The van der Waals surface area contributed by atoms with Crippen LogP contribution in [0.4, 0.5) is 18.9 Å². The quantitative estimate of drug-likeness (QED) is 0.311. The molecule has 2 aromatic carbocycles. The van der Waals surface area contributed by atoms with Crippen LogP contribution in [0.25, 0.3) is 0 Å². The van der Waals surface area contributed by atoms with Gasteiger partial charge >= 0.3 is 14.0 Å². The first-order valence-electron chi connectivity index (χ1n) is 9.85. The second-order valence-corrected chi connectivity index (χ2v) is 11.0. The number of benzene rings is 2. The topological polar surface area (TPSA) is 124 Å². The molecular formula is C21H18F3N2O7PS2. The minimum Gasteiger partial charge on any atom is -0.495 e. The second-order valence-electron chi connectivity index (χ2n) is 6.74. The van der Waals surface area contributed by atoms with Crippen molar-refractivity contribution in [1.29, 1.82) is 0 Å². The van der Waals surface area contributed by atoms with E-state index in [0.717, 1.165) is 23.5 Å². The van der Waals surface area contributed by atoms with Crippen LogP contribution >= 0.6 is 18.9 Å². The monoisotopic (exact) mass is 562 g/mol. The van der Waals surface area contributed by atoms with Crippen LogP contribution in [0.15, 0.2) is 52.9 Å². The van der Waals surface area contributed by atoms with Gasteiger partial charge in [0.2, 0.25) is 0 Å². The summed E-state index contributed by atoms with van der Waals surface area (Å²) in [5, 5.41) is 0.880. The van der Waals surface area contributed by atoms with E-state index in [1.54, 1.807) is 6.92 Å². The molecule has 3 rings (SSSR count). The van der Waals surface area contributed by atoms with Gasteiger partial charge in [0.05, 0.1) is 24.7 Å². The van der Waals surface area contributed by atoms with Gasteiger partial charge in [-0.15, -0.1) is 24.5 Å². The van der Waals surface area contributed by atoms with Crippen molar-refractivity contribution in [3.8, 4) is 23.3 Å². The van der Waals surface area contributed by atoms with Crippen molar-refractivity contribution in [1.82, 2.24) is 4.98 Å². The molecule has 1 unspecified atom stereocenters. The minimum absolute atomic E-state index is 0.00764. The SMILES string of the molecule is CCOP(=O)(O)c1ccc(NS(=O)(=O)c2csc(C#Cc3cccc(OC(F)(F)F)c3)n2)c(OC)c1. The van der Waals surface area contributed by atoms with Crippen molar-refractivity contribution in [2.75, 3.05) is 18.4 Å². The van der Waals surface area contributed by atoms with Crippen LogP contribution in [0.1, 0.15) is 17.5 Å². The number of sulfonamides is 1. The van der Waals surface area contributed by atoms with Gasteiger partial charge in [-0.2, -0.15) is 8.42 Å². The molecule has 36 heavy (non-hydrogen) atoms. The highest BCUT2D eigenvalue weighted by Gasteiger charge is 2.31. The first-order chi connectivity index (χ1) is 16.8. The fourth-order valence-corrected chi connectivity index (χ4v) is 5.77. The van der Waals surface area contributed by atoms with Gasteiger partial charge in [0, 0.05) is 10.9 Å². The number of anilines is 1. The van der Waals surface area contributed by atoms with Crippen molar-refractivity contribution in [2.45, 2.75) is 18.3 Å². The molecule has 0 aliphatic rings. The van der Waals surface area contributed by atoms with E-state index in [0.29, 0.717) is 0 Å². The number of rotatable bonds is 8. The van der Waals surface area contributed by atoms with Gasteiger partial charge in [0.15, 0.2) is 10.0 Å². The largest absolute Gasteiger partial charge is 0.573 e. The van der Waals surface area contributed by atoms with Gasteiger partial charge in [-0.3, -0.25) is 9.29 Å². The molecule has 0 amide bonds. The molecular weight excluding hydrogens is 544 g/mol. The first kappa shape index (κ1) is 27.5. The van der Waals surface area contributed by atoms with Gasteiger partial charge in [-0.25, -0.2) is 4.98 Å². The molecule has 0 aliphatic carbocycles. The summed E-state index contributed by atoms with van der Waals surface area (Å²) in [6.45, 7) is 1.54. The molecule has 1 heterocycles. The molecule has 9 nitrogen and oxygen atoms in total. The van der Waals surface area contributed by atoms with Gasteiger partial charge in [-0.1, -0.05) is 12.0 Å². The molecule has 0 fully saturated rings. The maximum atomic E-state index is 12.8. The Morgan fingerprint density at radius 3 is 2.61 bits per heavy atom. The molecule has 0 radical (unpaired) electrons. The molecule has 0 bridgehead atoms. The van der Waals surface area contributed by atoms with E-state index in [1.165, 1.54) is 42.8 Å². The highest BCUT2D eigenvalue weighted by atomic mass is 32.2. The number of hydrogen-bond donors (Lipinski definition) is 2. The van der Waals surface area contributed by atoms with Crippen molar-refractivity contribution < 1.29 is 45.0 Å². The van der Waals surface area contributed by atoms with Crippen molar-refractivity contribution >= 4 is 39.9 Å². The Morgan fingerprint density at radius 2 is 1.94 bits per heavy atom. The van der Waals surface area contributed by atoms with E-state index in [9.17, 15) is 31.0 Å². The lowest BCUT2D eigenvalue weighted by atomic mass is 10.2. The number of nitrogens with zero attached hydrogens (tertiary/aromatic N) is 1. The van der Waals surface area contributed by atoms with E-state index in [1.807, 2.05) is 0 Å². The first-order valence-corrected chi connectivity index (χ1v) is 13.8. The van der Waals surface area contributed by atoms with Crippen molar-refractivity contribution in [2.24, 2.45) is 0 Å². The second kappa shape index (κ2) is 10.9. The smallest absolute Gasteiger partial charge is 0.495 e. The Morgan fingerprint density at radius 1 is 1.19 bits per heavy atom. The molecule has 0 saturated heterocycles. The third-order valence-corrected chi connectivity index (χ3v) is 7.89. The van der Waals surface area contributed by atoms with E-state index >= 15 is 0 Å². The average molecular weight is 562 g/mol. The molecule has 0 spiro atoms. The van der Waals surface area contributed by atoms with E-state index < -0.39 is 29.7 Å². The molecule has 2 N–H and O–H groups in total. The third-order valence-electron chi connectivity index (χ3n) is 4.20. The Labute approximate surface area is 208 Å². The molecule has 15 heteroatoms. The molecule has 1 atom stereocenters. The number of ether oxygens (including phenoxy) is 2. The average Bonchev–Trinajstić information content (AvgIpc) is 3.27. The van der Waals surface area contributed by atoms with Crippen molar-refractivity contribution in [3.05, 3.63) is 58.4 Å². The lowest BCUT2D eigenvalue weighted by molar-refractivity contribution is -0.274. The summed E-state index contributed by atoms with van der Waals surface area (Å²) in [6.07, 6.45) is -4.85. The molecule has 1 aromatic heterocycles. The summed E-state index contributed by atoms with van der Waals surface area (Å²) in [6, 6.07) is 8.64. The Hall–Kier alpha value is -3.08. The van der Waals surface area contributed by atoms with Crippen molar-refractivity contribution in [3.63, 3.8) is 0 Å². The van der Waals surface area contributed by atoms with Crippen LogP contribution in [0, 0.1) is 11.8 Å². The molecule has 192 valence electrons. The van der Waals surface area contributed by atoms with Crippen LogP contribution in [-0.4, -0.2) is 38.4 Å². The molecule has 0 saturated carbocycles. The van der Waals surface area contributed by atoms with E-state index in [-0.39, 0.29) is 38.9 Å². The van der Waals surface area contributed by atoms with Gasteiger partial charge in [0.25, 0.3) is 10.0 Å². The molecule has 3 aromatic rings. The summed E-state index contributed by atoms with van der Waals surface area (Å²) < 4.78 is 91.1. The Bertz CT molecular complexity index is 1460. The number of halogens is 3. The fourth-order valence-electron chi connectivity index (χ4n) is 2.72. The summed E-state index contributed by atoms with van der Waals surface area (Å²) in [7, 11) is -7.05. The van der Waals surface area contributed by atoms with Gasteiger partial charge in [0.1, 0.15) is 11.5 Å². The van der Waals surface area contributed by atoms with Crippen LogP contribution in [0.2, 0.25) is 0 Å². The van der Waals surface area contributed by atoms with Crippen LogP contribution in [0.3, 0.4) is 0 Å². The standard InChI is InChI=1S/C21H18F3N2O7PS2/c1-3-32-34(27,28)16-8-9-17(18(12-16)31-2)26-36(29,30)20-13-35-19(25-20)10-7-14-5-4-6-15(11-14)33-21(22,23)24/h4-6,8-9,11-13,26H,3H2,1-2H3,(H,27,28). The van der Waals surface area contributed by atoms with Crippen LogP contribution in [0.5, 0.6) is 11.5 Å². The zero-order chi connectivity index (χ0) is 26.6. The summed E-state index contributed by atoms with van der Waals surface area (Å²) in [5.41, 5.74) is 0.187. The van der Waals surface area contributed by atoms with Gasteiger partial charge < -0.3 is 18.9 Å². The highest BCUT2D eigenvalue weighted by molar-refractivity contribution is 7.92. The zero-order valence-corrected chi connectivity index (χ0v) is 21.1. The predicted molar refractivity (Wildman–Crippen MR) is 126 cm³/mol. The fraction of sp³-hybridized carbons (Fsp3) is 0.190. The summed E-state index contributed by atoms with van der Waals surface area (Å²) in [5.74, 6) is 4.73. The van der Waals surface area contributed by atoms with Crippen LogP contribution < -0.4 is 19.5 Å². The van der Waals surface area contributed by atoms with E-state index in [4.69, 9.17) is 9.26 Å². The maximum Gasteiger partial charge on any atom is 0.573 e. The Balaban J connectivity index is 1.80.